The van der Waals surface area contributed by atoms with E-state index in [1.807, 2.05) is 0 Å². The Bertz CT molecular complexity index is 215. The van der Waals surface area contributed by atoms with Gasteiger partial charge in [-0.1, -0.05) is 22.5 Å². The highest BCUT2D eigenvalue weighted by Gasteiger charge is 2.22. The highest BCUT2D eigenvalue weighted by molar-refractivity contribution is 9.11. The van der Waals surface area contributed by atoms with Crippen LogP contribution in [0.1, 0.15) is 19.8 Å². The van der Waals surface area contributed by atoms with Crippen LogP contribution in [0.4, 0.5) is 0 Å². The van der Waals surface area contributed by atoms with Crippen LogP contribution < -0.4 is 0 Å². The summed E-state index contributed by atoms with van der Waals surface area (Å²) >= 11 is 3.35. The van der Waals surface area contributed by atoms with Crippen LogP contribution in [0, 0.1) is 5.92 Å². The fourth-order valence-corrected chi connectivity index (χ4v) is 2.13. The zero-order chi connectivity index (χ0) is 9.84. The van der Waals surface area contributed by atoms with E-state index in [-0.39, 0.29) is 5.92 Å². The van der Waals surface area contributed by atoms with E-state index in [9.17, 15) is 4.79 Å². The lowest BCUT2D eigenvalue weighted by molar-refractivity contribution is -0.122. The molecule has 1 rings (SSSR count). The first kappa shape index (κ1) is 10.9. The normalized spacial score (nSPS) is 24.3. The SMILES string of the molecule is C=C(Br)CN1CCCC(C(C)=O)C1. The van der Waals surface area contributed by atoms with Gasteiger partial charge in [0.15, 0.2) is 0 Å². The van der Waals surface area contributed by atoms with Gasteiger partial charge in [0.2, 0.25) is 0 Å². The third kappa shape index (κ3) is 3.61. The van der Waals surface area contributed by atoms with E-state index in [0.29, 0.717) is 5.78 Å². The molecule has 1 saturated heterocycles. The molecule has 1 heterocycles. The van der Waals surface area contributed by atoms with Crippen LogP contribution in [0.25, 0.3) is 0 Å². The third-order valence-corrected chi connectivity index (χ3v) is 2.73. The van der Waals surface area contributed by atoms with E-state index in [1.165, 1.54) is 0 Å². The van der Waals surface area contributed by atoms with Gasteiger partial charge >= 0.3 is 0 Å². The molecule has 1 atom stereocenters. The maximum absolute atomic E-state index is 11.2. The Labute approximate surface area is 88.1 Å². The first-order valence-electron chi connectivity index (χ1n) is 4.65. The Morgan fingerprint density at radius 1 is 1.69 bits per heavy atom. The molecule has 0 aromatic rings. The molecular weight excluding hydrogens is 230 g/mol. The third-order valence-electron chi connectivity index (χ3n) is 2.48. The van der Waals surface area contributed by atoms with Gasteiger partial charge in [0.05, 0.1) is 0 Å². The zero-order valence-electron chi connectivity index (χ0n) is 8.05. The number of carbonyl (C=O) groups is 1. The summed E-state index contributed by atoms with van der Waals surface area (Å²) in [6.07, 6.45) is 2.19. The first-order valence-corrected chi connectivity index (χ1v) is 5.45. The van der Waals surface area contributed by atoms with Crippen LogP contribution in [-0.4, -0.2) is 30.3 Å². The van der Waals surface area contributed by atoms with Crippen molar-refractivity contribution in [3.63, 3.8) is 0 Å². The molecule has 0 radical (unpaired) electrons. The highest BCUT2D eigenvalue weighted by atomic mass is 79.9. The predicted octanol–water partition coefficient (Wildman–Crippen LogP) is 2.20. The van der Waals surface area contributed by atoms with Gasteiger partial charge in [-0.25, -0.2) is 0 Å². The molecule has 0 aliphatic carbocycles. The van der Waals surface area contributed by atoms with Crippen LogP contribution >= 0.6 is 15.9 Å². The molecule has 2 nitrogen and oxygen atoms in total. The molecule has 0 spiro atoms. The number of hydrogen-bond acceptors (Lipinski definition) is 2. The molecule has 0 N–H and O–H groups in total. The van der Waals surface area contributed by atoms with Crippen molar-refractivity contribution in [3.8, 4) is 0 Å². The Kier molecular flexibility index (Phi) is 4.13. The number of Topliss-reactive ketones (excluding diaryl/α,β-unsaturated/α-hetero) is 1. The summed E-state index contributed by atoms with van der Waals surface area (Å²) in [6, 6.07) is 0. The second kappa shape index (κ2) is 4.91. The fraction of sp³-hybridized carbons (Fsp3) is 0.700. The van der Waals surface area contributed by atoms with Crippen LogP contribution in [0.5, 0.6) is 0 Å². The van der Waals surface area contributed by atoms with Crippen molar-refractivity contribution in [1.29, 1.82) is 0 Å². The van der Waals surface area contributed by atoms with Gasteiger partial charge in [0.1, 0.15) is 5.78 Å². The Balaban J connectivity index is 2.41. The predicted molar refractivity (Wildman–Crippen MR) is 57.9 cm³/mol. The number of carbonyl (C=O) groups excluding carboxylic acids is 1. The zero-order valence-corrected chi connectivity index (χ0v) is 9.64. The average Bonchev–Trinajstić information content (AvgIpc) is 2.03. The van der Waals surface area contributed by atoms with E-state index in [0.717, 1.165) is 37.0 Å². The molecule has 0 saturated carbocycles. The van der Waals surface area contributed by atoms with E-state index < -0.39 is 0 Å². The second-order valence-electron chi connectivity index (χ2n) is 3.70. The van der Waals surface area contributed by atoms with Crippen molar-refractivity contribution < 1.29 is 4.79 Å². The maximum atomic E-state index is 11.2. The lowest BCUT2D eigenvalue weighted by atomic mass is 9.95. The van der Waals surface area contributed by atoms with E-state index in [2.05, 4.69) is 27.4 Å². The van der Waals surface area contributed by atoms with Gasteiger partial charge < -0.3 is 0 Å². The number of likely N-dealkylation sites (tertiary alicyclic amines) is 1. The van der Waals surface area contributed by atoms with Crippen molar-refractivity contribution in [2.75, 3.05) is 19.6 Å². The molecule has 1 aliphatic rings. The van der Waals surface area contributed by atoms with Gasteiger partial charge in [-0.2, -0.15) is 0 Å². The molecule has 1 unspecified atom stereocenters. The van der Waals surface area contributed by atoms with Gasteiger partial charge in [-0.05, 0) is 26.3 Å². The summed E-state index contributed by atoms with van der Waals surface area (Å²) in [5.74, 6) is 0.575. The Morgan fingerprint density at radius 2 is 2.38 bits per heavy atom. The quantitative estimate of drug-likeness (QED) is 0.760. The van der Waals surface area contributed by atoms with Gasteiger partial charge in [0.25, 0.3) is 0 Å². The largest absolute Gasteiger partial charge is 0.300 e. The maximum Gasteiger partial charge on any atom is 0.134 e. The summed E-state index contributed by atoms with van der Waals surface area (Å²) < 4.78 is 0.997. The van der Waals surface area contributed by atoms with Crippen LogP contribution in [0.3, 0.4) is 0 Å². The van der Waals surface area contributed by atoms with E-state index in [1.54, 1.807) is 6.92 Å². The van der Waals surface area contributed by atoms with E-state index in [4.69, 9.17) is 0 Å². The lowest BCUT2D eigenvalue weighted by Gasteiger charge is -2.31. The molecule has 1 fully saturated rings. The van der Waals surface area contributed by atoms with Crippen LogP contribution in [-0.2, 0) is 4.79 Å². The second-order valence-corrected chi connectivity index (χ2v) is 4.82. The van der Waals surface area contributed by atoms with Gasteiger partial charge in [0, 0.05) is 23.5 Å². The average molecular weight is 246 g/mol. The van der Waals surface area contributed by atoms with Gasteiger partial charge in [-0.15, -0.1) is 0 Å². The van der Waals surface area contributed by atoms with Crippen molar-refractivity contribution in [1.82, 2.24) is 4.90 Å². The van der Waals surface area contributed by atoms with Crippen molar-refractivity contribution in [2.45, 2.75) is 19.8 Å². The minimum atomic E-state index is 0.251. The minimum Gasteiger partial charge on any atom is -0.300 e. The van der Waals surface area contributed by atoms with Crippen molar-refractivity contribution in [2.24, 2.45) is 5.92 Å². The number of hydrogen-bond donors (Lipinski definition) is 0. The number of halogens is 1. The Morgan fingerprint density at radius 3 is 2.92 bits per heavy atom. The molecule has 13 heavy (non-hydrogen) atoms. The summed E-state index contributed by atoms with van der Waals surface area (Å²) in [5, 5.41) is 0. The summed E-state index contributed by atoms with van der Waals surface area (Å²) in [5.41, 5.74) is 0. The monoisotopic (exact) mass is 245 g/mol. The summed E-state index contributed by atoms with van der Waals surface area (Å²) in [6.45, 7) is 8.36. The summed E-state index contributed by atoms with van der Waals surface area (Å²) in [7, 11) is 0. The first-order chi connectivity index (χ1) is 6.09. The van der Waals surface area contributed by atoms with E-state index >= 15 is 0 Å². The van der Waals surface area contributed by atoms with Crippen LogP contribution in [0.15, 0.2) is 11.1 Å². The molecule has 0 aromatic carbocycles. The number of piperidine rings is 1. The Hall–Kier alpha value is -0.150. The van der Waals surface area contributed by atoms with Crippen LogP contribution in [0.2, 0.25) is 0 Å². The molecule has 1 aliphatic heterocycles. The lowest BCUT2D eigenvalue weighted by Crippen LogP contribution is -2.38. The number of rotatable bonds is 3. The molecule has 0 aromatic heterocycles. The number of ketones is 1. The molecule has 3 heteroatoms. The fourth-order valence-electron chi connectivity index (χ4n) is 1.77. The summed E-state index contributed by atoms with van der Waals surface area (Å²) in [4.78, 5) is 13.5. The molecule has 0 bridgehead atoms. The van der Waals surface area contributed by atoms with Crippen molar-refractivity contribution >= 4 is 21.7 Å². The standard InChI is InChI=1S/C10H16BrNO/c1-8(11)6-12-5-3-4-10(7-12)9(2)13/h10H,1,3-7H2,2H3. The van der Waals surface area contributed by atoms with Crippen molar-refractivity contribution in [3.05, 3.63) is 11.1 Å². The van der Waals surface area contributed by atoms with Gasteiger partial charge in [-0.3, -0.25) is 9.69 Å². The topological polar surface area (TPSA) is 20.3 Å². The molecule has 0 amide bonds. The molecule has 74 valence electrons. The smallest absolute Gasteiger partial charge is 0.134 e. The highest BCUT2D eigenvalue weighted by Crippen LogP contribution is 2.18. The number of nitrogens with zero attached hydrogens (tertiary/aromatic N) is 1. The molecular formula is C10H16BrNO. The minimum absolute atomic E-state index is 0.251.